The molecule has 0 saturated heterocycles. The summed E-state index contributed by atoms with van der Waals surface area (Å²) in [5.41, 5.74) is 1.38. The summed E-state index contributed by atoms with van der Waals surface area (Å²) >= 11 is 3.55. The van der Waals surface area contributed by atoms with Gasteiger partial charge in [-0.05, 0) is 37.5 Å². The molecule has 0 aliphatic heterocycles. The van der Waals surface area contributed by atoms with Crippen LogP contribution in [0, 0.1) is 0 Å². The van der Waals surface area contributed by atoms with Crippen LogP contribution in [0.15, 0.2) is 28.7 Å². The minimum atomic E-state index is 0.451. The van der Waals surface area contributed by atoms with Gasteiger partial charge in [0.1, 0.15) is 0 Å². The Morgan fingerprint density at radius 3 is 2.44 bits per heavy atom. The summed E-state index contributed by atoms with van der Waals surface area (Å²) in [5.74, 6) is 0. The van der Waals surface area contributed by atoms with E-state index in [0.717, 1.165) is 0 Å². The van der Waals surface area contributed by atoms with E-state index in [-0.39, 0.29) is 0 Å². The second-order valence-corrected chi connectivity index (χ2v) is 6.40. The van der Waals surface area contributed by atoms with Crippen LogP contribution in [0.4, 0.5) is 0 Å². The lowest BCUT2D eigenvalue weighted by Crippen LogP contribution is -2.32. The van der Waals surface area contributed by atoms with E-state index in [1.807, 2.05) is 0 Å². The lowest BCUT2D eigenvalue weighted by Gasteiger charge is -2.25. The molecule has 1 saturated carbocycles. The van der Waals surface area contributed by atoms with Gasteiger partial charge in [0, 0.05) is 16.6 Å². The Kier molecular flexibility index (Phi) is 5.71. The molecule has 0 radical (unpaired) electrons. The summed E-state index contributed by atoms with van der Waals surface area (Å²) in [7, 11) is 0. The first kappa shape index (κ1) is 14.1. The van der Waals surface area contributed by atoms with Gasteiger partial charge in [-0.25, -0.2) is 0 Å². The second kappa shape index (κ2) is 7.30. The van der Waals surface area contributed by atoms with Gasteiger partial charge >= 0.3 is 0 Å². The molecule has 2 heteroatoms. The molecule has 0 spiro atoms. The summed E-state index contributed by atoms with van der Waals surface area (Å²) in [4.78, 5) is 0. The van der Waals surface area contributed by atoms with Crippen molar-refractivity contribution < 1.29 is 0 Å². The molecular formula is C16H24BrN. The molecule has 0 unspecified atom stereocenters. The first-order valence-corrected chi connectivity index (χ1v) is 8.06. The summed E-state index contributed by atoms with van der Waals surface area (Å²) in [5, 5.41) is 3.81. The van der Waals surface area contributed by atoms with Gasteiger partial charge in [-0.3, -0.25) is 0 Å². The Morgan fingerprint density at radius 2 is 1.78 bits per heavy atom. The molecule has 1 aliphatic carbocycles. The number of nitrogens with one attached hydrogen (secondary N) is 1. The molecule has 0 aromatic heterocycles. The fourth-order valence-electron chi connectivity index (χ4n) is 2.85. The largest absolute Gasteiger partial charge is 0.307 e. The van der Waals surface area contributed by atoms with Crippen molar-refractivity contribution in [3.8, 4) is 0 Å². The molecule has 1 fully saturated rings. The quantitative estimate of drug-likeness (QED) is 0.808. The Bertz CT molecular complexity index is 356. The van der Waals surface area contributed by atoms with Crippen molar-refractivity contribution in [3.63, 3.8) is 0 Å². The Balaban J connectivity index is 1.90. The Hall–Kier alpha value is -0.340. The van der Waals surface area contributed by atoms with Crippen LogP contribution >= 0.6 is 15.9 Å². The van der Waals surface area contributed by atoms with E-state index in [2.05, 4.69) is 52.4 Å². The highest BCUT2D eigenvalue weighted by molar-refractivity contribution is 9.10. The van der Waals surface area contributed by atoms with Crippen LogP contribution in [0.2, 0.25) is 0 Å². The second-order valence-electron chi connectivity index (χ2n) is 5.49. The van der Waals surface area contributed by atoms with Gasteiger partial charge in [0.2, 0.25) is 0 Å². The third kappa shape index (κ3) is 4.40. The third-order valence-electron chi connectivity index (χ3n) is 3.94. The van der Waals surface area contributed by atoms with Gasteiger partial charge in [-0.15, -0.1) is 0 Å². The molecular weight excluding hydrogens is 286 g/mol. The molecule has 1 atom stereocenters. The summed E-state index contributed by atoms with van der Waals surface area (Å²) < 4.78 is 1.17. The van der Waals surface area contributed by atoms with Crippen LogP contribution < -0.4 is 5.32 Å². The molecule has 1 aliphatic rings. The van der Waals surface area contributed by atoms with Crippen molar-refractivity contribution >= 4 is 15.9 Å². The zero-order valence-corrected chi connectivity index (χ0v) is 12.9. The number of halogens is 1. The summed E-state index contributed by atoms with van der Waals surface area (Å²) in [6.45, 7) is 2.28. The van der Waals surface area contributed by atoms with E-state index in [9.17, 15) is 0 Å². The van der Waals surface area contributed by atoms with E-state index < -0.39 is 0 Å². The molecule has 1 nitrogen and oxygen atoms in total. The molecule has 1 N–H and O–H groups in total. The normalized spacial score (nSPS) is 20.1. The monoisotopic (exact) mass is 309 g/mol. The molecule has 1 aromatic rings. The molecule has 0 heterocycles. The molecule has 0 bridgehead atoms. The van der Waals surface area contributed by atoms with Crippen LogP contribution in [0.5, 0.6) is 0 Å². The first-order chi connectivity index (χ1) is 8.75. The highest BCUT2D eigenvalue weighted by Crippen LogP contribution is 2.22. The zero-order valence-electron chi connectivity index (χ0n) is 11.3. The molecule has 1 aromatic carbocycles. The van der Waals surface area contributed by atoms with Crippen LogP contribution in [0.1, 0.15) is 63.5 Å². The van der Waals surface area contributed by atoms with Crippen LogP contribution in [-0.2, 0) is 0 Å². The van der Waals surface area contributed by atoms with Gasteiger partial charge in [0.15, 0.2) is 0 Å². The highest BCUT2D eigenvalue weighted by Gasteiger charge is 2.14. The van der Waals surface area contributed by atoms with E-state index in [1.165, 1.54) is 55.0 Å². The van der Waals surface area contributed by atoms with Crippen molar-refractivity contribution in [2.24, 2.45) is 0 Å². The lowest BCUT2D eigenvalue weighted by molar-refractivity contribution is 0.362. The van der Waals surface area contributed by atoms with E-state index >= 15 is 0 Å². The standard InChI is InChI=1S/C16H24BrN/c1-13(14-8-7-9-15(17)12-14)18-16-10-5-3-2-4-6-11-16/h7-9,12-13,16,18H,2-6,10-11H2,1H3/t13-/m0/s1. The van der Waals surface area contributed by atoms with E-state index in [1.54, 1.807) is 0 Å². The van der Waals surface area contributed by atoms with Crippen molar-refractivity contribution in [2.75, 3.05) is 0 Å². The van der Waals surface area contributed by atoms with Crippen LogP contribution in [0.3, 0.4) is 0 Å². The number of hydrogen-bond donors (Lipinski definition) is 1. The number of rotatable bonds is 3. The average Bonchev–Trinajstić information content (AvgIpc) is 2.32. The number of benzene rings is 1. The van der Waals surface area contributed by atoms with Crippen LogP contribution in [-0.4, -0.2) is 6.04 Å². The smallest absolute Gasteiger partial charge is 0.0294 e. The summed E-state index contributed by atoms with van der Waals surface area (Å²) in [6.07, 6.45) is 9.75. The van der Waals surface area contributed by atoms with Gasteiger partial charge < -0.3 is 5.32 Å². The molecule has 2 rings (SSSR count). The van der Waals surface area contributed by atoms with Crippen molar-refractivity contribution in [1.29, 1.82) is 0 Å². The lowest BCUT2D eigenvalue weighted by atomic mass is 9.95. The first-order valence-electron chi connectivity index (χ1n) is 7.27. The predicted molar refractivity (Wildman–Crippen MR) is 81.8 cm³/mol. The van der Waals surface area contributed by atoms with E-state index in [0.29, 0.717) is 12.1 Å². The maximum atomic E-state index is 3.81. The van der Waals surface area contributed by atoms with Gasteiger partial charge in [0.25, 0.3) is 0 Å². The maximum Gasteiger partial charge on any atom is 0.0294 e. The van der Waals surface area contributed by atoms with Gasteiger partial charge in [0.05, 0.1) is 0 Å². The fraction of sp³-hybridized carbons (Fsp3) is 0.625. The van der Waals surface area contributed by atoms with Crippen molar-refractivity contribution in [1.82, 2.24) is 5.32 Å². The maximum absolute atomic E-state index is 3.81. The molecule has 0 amide bonds. The Morgan fingerprint density at radius 1 is 1.11 bits per heavy atom. The average molecular weight is 310 g/mol. The SMILES string of the molecule is C[C@H](NC1CCCCCCC1)c1cccc(Br)c1. The minimum Gasteiger partial charge on any atom is -0.307 e. The topological polar surface area (TPSA) is 12.0 Å². The molecule has 100 valence electrons. The third-order valence-corrected chi connectivity index (χ3v) is 4.43. The van der Waals surface area contributed by atoms with Crippen LogP contribution in [0.25, 0.3) is 0 Å². The molecule has 18 heavy (non-hydrogen) atoms. The Labute approximate surface area is 119 Å². The zero-order chi connectivity index (χ0) is 12.8. The minimum absolute atomic E-state index is 0.451. The summed E-state index contributed by atoms with van der Waals surface area (Å²) in [6, 6.07) is 9.81. The van der Waals surface area contributed by atoms with Gasteiger partial charge in [-0.2, -0.15) is 0 Å². The van der Waals surface area contributed by atoms with Gasteiger partial charge in [-0.1, -0.05) is 60.2 Å². The number of hydrogen-bond acceptors (Lipinski definition) is 1. The van der Waals surface area contributed by atoms with E-state index in [4.69, 9.17) is 0 Å². The highest BCUT2D eigenvalue weighted by atomic mass is 79.9. The fourth-order valence-corrected chi connectivity index (χ4v) is 3.27. The predicted octanol–water partition coefficient (Wildman–Crippen LogP) is 5.21. The van der Waals surface area contributed by atoms with Crippen molar-refractivity contribution in [2.45, 2.75) is 64.0 Å². The van der Waals surface area contributed by atoms with Crippen molar-refractivity contribution in [3.05, 3.63) is 34.3 Å².